The number of nitrogens with zero attached hydrogens (tertiary/aromatic N) is 3. The number of ether oxygens (including phenoxy) is 3. The van der Waals surface area contributed by atoms with Crippen molar-refractivity contribution in [3.8, 4) is 17.2 Å². The molecule has 0 aliphatic carbocycles. The van der Waals surface area contributed by atoms with Gasteiger partial charge in [-0.15, -0.1) is 0 Å². The Morgan fingerprint density at radius 1 is 1.00 bits per heavy atom. The summed E-state index contributed by atoms with van der Waals surface area (Å²) < 4.78 is 17.1. The molecule has 190 valence electrons. The fourth-order valence-electron chi connectivity index (χ4n) is 3.97. The van der Waals surface area contributed by atoms with Gasteiger partial charge in [-0.25, -0.2) is 0 Å². The minimum Gasteiger partial charge on any atom is -0.493 e. The van der Waals surface area contributed by atoms with Crippen LogP contribution in [0.2, 0.25) is 0 Å². The van der Waals surface area contributed by atoms with Crippen LogP contribution in [0.3, 0.4) is 0 Å². The number of nitrogens with one attached hydrogen (secondary N) is 2. The zero-order chi connectivity index (χ0) is 25.5. The molecule has 0 bridgehead atoms. The van der Waals surface area contributed by atoms with Crippen LogP contribution in [0.5, 0.6) is 11.5 Å². The maximum Gasteiger partial charge on any atom is 0.279 e. The molecular weight excluding hydrogens is 466 g/mol. The second-order valence-corrected chi connectivity index (χ2v) is 8.14. The first kappa shape index (κ1) is 25.1. The number of benzene rings is 2. The molecule has 0 atom stereocenters. The van der Waals surface area contributed by atoms with E-state index in [1.54, 1.807) is 42.5 Å². The lowest BCUT2D eigenvalue weighted by Crippen LogP contribution is -2.43. The van der Waals surface area contributed by atoms with Crippen LogP contribution >= 0.6 is 0 Å². The third-order valence-corrected chi connectivity index (χ3v) is 5.90. The number of hydrogen-bond acceptors (Lipinski definition) is 8. The van der Waals surface area contributed by atoms with Crippen molar-refractivity contribution < 1.29 is 23.8 Å². The Kier molecular flexibility index (Phi) is 8.13. The number of fused-ring (bicyclic) bond motifs is 1. The van der Waals surface area contributed by atoms with E-state index < -0.39 is 11.5 Å². The van der Waals surface area contributed by atoms with Crippen LogP contribution in [0.1, 0.15) is 10.5 Å². The van der Waals surface area contributed by atoms with Gasteiger partial charge in [0, 0.05) is 37.6 Å². The number of rotatable bonds is 9. The van der Waals surface area contributed by atoms with Gasteiger partial charge in [-0.1, -0.05) is 18.2 Å². The van der Waals surface area contributed by atoms with E-state index in [4.69, 9.17) is 14.2 Å². The first-order chi connectivity index (χ1) is 17.5. The van der Waals surface area contributed by atoms with Crippen LogP contribution in [-0.4, -0.2) is 86.7 Å². The van der Waals surface area contributed by atoms with E-state index in [9.17, 15) is 14.4 Å². The summed E-state index contributed by atoms with van der Waals surface area (Å²) in [6.45, 7) is 4.02. The van der Waals surface area contributed by atoms with E-state index in [-0.39, 0.29) is 18.1 Å². The Hall–Kier alpha value is -3.96. The Morgan fingerprint density at radius 2 is 1.72 bits per heavy atom. The van der Waals surface area contributed by atoms with Gasteiger partial charge in [-0.3, -0.25) is 19.3 Å². The molecule has 2 heterocycles. The van der Waals surface area contributed by atoms with Crippen molar-refractivity contribution >= 4 is 22.6 Å². The summed E-state index contributed by atoms with van der Waals surface area (Å²) in [6.07, 6.45) is 0. The van der Waals surface area contributed by atoms with Crippen molar-refractivity contribution in [3.05, 3.63) is 58.5 Å². The zero-order valence-corrected chi connectivity index (χ0v) is 20.3. The molecule has 1 aliphatic heterocycles. The van der Waals surface area contributed by atoms with Gasteiger partial charge in [-0.2, -0.15) is 9.78 Å². The van der Waals surface area contributed by atoms with E-state index in [1.165, 1.54) is 14.2 Å². The molecule has 36 heavy (non-hydrogen) atoms. The van der Waals surface area contributed by atoms with Gasteiger partial charge in [0.25, 0.3) is 11.5 Å². The van der Waals surface area contributed by atoms with Gasteiger partial charge in [0.05, 0.1) is 45.1 Å². The summed E-state index contributed by atoms with van der Waals surface area (Å²) in [5, 5.41) is 10.5. The van der Waals surface area contributed by atoms with Gasteiger partial charge in [0.15, 0.2) is 17.2 Å². The Morgan fingerprint density at radius 3 is 2.44 bits per heavy atom. The molecular formula is C25H29N5O6. The summed E-state index contributed by atoms with van der Waals surface area (Å²) in [7, 11) is 3.00. The Labute approximate surface area is 207 Å². The van der Waals surface area contributed by atoms with Crippen LogP contribution in [0.25, 0.3) is 16.5 Å². The van der Waals surface area contributed by atoms with Crippen molar-refractivity contribution in [1.29, 1.82) is 0 Å². The maximum atomic E-state index is 13.2. The highest BCUT2D eigenvalue weighted by molar-refractivity contribution is 6.05. The second kappa shape index (κ2) is 11.6. The number of aromatic nitrogens is 2. The minimum absolute atomic E-state index is 0.0288. The van der Waals surface area contributed by atoms with E-state index in [1.807, 2.05) is 0 Å². The smallest absolute Gasteiger partial charge is 0.279 e. The number of carbonyl (C=O) groups excluding carboxylic acids is 2. The van der Waals surface area contributed by atoms with Crippen molar-refractivity contribution in [1.82, 2.24) is 25.3 Å². The highest BCUT2D eigenvalue weighted by atomic mass is 16.5. The summed E-state index contributed by atoms with van der Waals surface area (Å²) >= 11 is 0. The van der Waals surface area contributed by atoms with E-state index in [0.717, 1.165) is 17.8 Å². The largest absolute Gasteiger partial charge is 0.493 e. The predicted molar refractivity (Wildman–Crippen MR) is 133 cm³/mol. The Balaban J connectivity index is 1.52. The van der Waals surface area contributed by atoms with Crippen LogP contribution in [-0.2, 0) is 9.53 Å². The monoisotopic (exact) mass is 495 g/mol. The van der Waals surface area contributed by atoms with E-state index in [2.05, 4.69) is 20.6 Å². The standard InChI is InChI=1S/C25H29N5O6/c1-34-20-8-7-17(15-21(20)35-2)30-25(33)19-6-4-3-5-18(19)23(28-30)24(32)27-16-22(31)26-9-10-29-11-13-36-14-12-29/h3-8,15H,9-14,16H2,1-2H3,(H,26,31)(H,27,32). The first-order valence-electron chi connectivity index (χ1n) is 11.6. The van der Waals surface area contributed by atoms with Crippen LogP contribution in [0.4, 0.5) is 0 Å². The topological polar surface area (TPSA) is 124 Å². The van der Waals surface area contributed by atoms with Gasteiger partial charge in [0.1, 0.15) is 0 Å². The maximum absolute atomic E-state index is 13.2. The fourth-order valence-corrected chi connectivity index (χ4v) is 3.97. The first-order valence-corrected chi connectivity index (χ1v) is 11.6. The van der Waals surface area contributed by atoms with Crippen molar-refractivity contribution in [2.45, 2.75) is 0 Å². The third kappa shape index (κ3) is 5.64. The number of hydrogen-bond donors (Lipinski definition) is 2. The molecule has 1 aliphatic rings. The van der Waals surface area contributed by atoms with Crippen LogP contribution in [0.15, 0.2) is 47.3 Å². The summed E-state index contributed by atoms with van der Waals surface area (Å²) in [5.41, 5.74) is 0.0367. The number of morpholine rings is 1. The number of carbonyl (C=O) groups is 2. The molecule has 1 saturated heterocycles. The number of methoxy groups -OCH3 is 2. The molecule has 1 fully saturated rings. The molecule has 11 heteroatoms. The number of amides is 2. The molecule has 0 unspecified atom stereocenters. The molecule has 0 radical (unpaired) electrons. The zero-order valence-electron chi connectivity index (χ0n) is 20.3. The average molecular weight is 496 g/mol. The SMILES string of the molecule is COc1ccc(-n2nc(C(=O)NCC(=O)NCCN3CCOCC3)c3ccccc3c2=O)cc1OC. The summed E-state index contributed by atoms with van der Waals surface area (Å²) in [6, 6.07) is 11.6. The lowest BCUT2D eigenvalue weighted by atomic mass is 10.1. The summed E-state index contributed by atoms with van der Waals surface area (Å²) in [5.74, 6) is 0.0298. The van der Waals surface area contributed by atoms with Crippen molar-refractivity contribution in [3.63, 3.8) is 0 Å². The van der Waals surface area contributed by atoms with Gasteiger partial charge in [0.2, 0.25) is 5.91 Å². The molecule has 0 spiro atoms. The molecule has 11 nitrogen and oxygen atoms in total. The lowest BCUT2D eigenvalue weighted by Gasteiger charge is -2.26. The average Bonchev–Trinajstić information content (AvgIpc) is 2.92. The minimum atomic E-state index is -0.566. The third-order valence-electron chi connectivity index (χ3n) is 5.90. The van der Waals surface area contributed by atoms with Crippen LogP contribution < -0.4 is 25.7 Å². The molecule has 3 aromatic rings. The van der Waals surface area contributed by atoms with Gasteiger partial charge >= 0.3 is 0 Å². The molecule has 2 amide bonds. The highest BCUT2D eigenvalue weighted by Crippen LogP contribution is 2.28. The second-order valence-electron chi connectivity index (χ2n) is 8.14. The van der Waals surface area contributed by atoms with Gasteiger partial charge in [-0.05, 0) is 18.2 Å². The van der Waals surface area contributed by atoms with E-state index in [0.29, 0.717) is 54.3 Å². The predicted octanol–water partition coefficient (Wildman–Crippen LogP) is 0.581. The van der Waals surface area contributed by atoms with Gasteiger partial charge < -0.3 is 24.8 Å². The molecule has 2 aromatic carbocycles. The molecule has 2 N–H and O–H groups in total. The normalized spacial score (nSPS) is 13.8. The Bertz CT molecular complexity index is 1300. The molecule has 4 rings (SSSR count). The van der Waals surface area contributed by atoms with Crippen molar-refractivity contribution in [2.24, 2.45) is 0 Å². The molecule has 1 aromatic heterocycles. The quantitative estimate of drug-likeness (QED) is 0.442. The van der Waals surface area contributed by atoms with Crippen LogP contribution in [0, 0.1) is 0 Å². The summed E-state index contributed by atoms with van der Waals surface area (Å²) in [4.78, 5) is 40.8. The molecule has 0 saturated carbocycles. The lowest BCUT2D eigenvalue weighted by molar-refractivity contribution is -0.120. The fraction of sp³-hybridized carbons (Fsp3) is 0.360. The highest BCUT2D eigenvalue weighted by Gasteiger charge is 2.19. The van der Waals surface area contributed by atoms with E-state index >= 15 is 0 Å². The van der Waals surface area contributed by atoms with Crippen molar-refractivity contribution in [2.75, 3.05) is 60.2 Å².